The van der Waals surface area contributed by atoms with E-state index < -0.39 is 5.97 Å². The quantitative estimate of drug-likeness (QED) is 0.835. The van der Waals surface area contributed by atoms with Crippen molar-refractivity contribution in [3.05, 3.63) is 28.2 Å². The predicted molar refractivity (Wildman–Crippen MR) is 67.6 cm³/mol. The van der Waals surface area contributed by atoms with Crippen LogP contribution in [0.1, 0.15) is 23.7 Å². The van der Waals surface area contributed by atoms with E-state index in [2.05, 4.69) is 27.2 Å². The molecule has 2 N–H and O–H groups in total. The summed E-state index contributed by atoms with van der Waals surface area (Å²) in [7, 11) is 0. The van der Waals surface area contributed by atoms with Gasteiger partial charge in [-0.3, -0.25) is 0 Å². The summed E-state index contributed by atoms with van der Waals surface area (Å²) in [6.45, 7) is 1.97. The highest BCUT2D eigenvalue weighted by Gasteiger charge is 2.08. The lowest BCUT2D eigenvalue weighted by atomic mass is 10.2. The van der Waals surface area contributed by atoms with Crippen molar-refractivity contribution in [1.82, 2.24) is 0 Å². The minimum atomic E-state index is -0.941. The van der Waals surface area contributed by atoms with E-state index in [0.29, 0.717) is 6.42 Å². The highest BCUT2D eigenvalue weighted by molar-refractivity contribution is 9.10. The molecule has 3 nitrogen and oxygen atoms in total. The van der Waals surface area contributed by atoms with Crippen LogP contribution >= 0.6 is 15.9 Å². The Morgan fingerprint density at radius 2 is 2.38 bits per heavy atom. The first-order valence-electron chi connectivity index (χ1n) is 4.77. The summed E-state index contributed by atoms with van der Waals surface area (Å²) in [5.41, 5.74) is 1.09. The molecule has 0 heterocycles. The Hall–Kier alpha value is -1.47. The van der Waals surface area contributed by atoms with Gasteiger partial charge in [-0.2, -0.15) is 0 Å². The molecule has 0 aliphatic rings. The second-order valence-corrected chi connectivity index (χ2v) is 4.31. The van der Waals surface area contributed by atoms with Crippen LogP contribution in [-0.4, -0.2) is 17.1 Å². The standard InChI is InChI=1S/C12H12BrNO2/c1-3-4-8(2)14-11-6-5-9(12(15)16)7-10(11)13/h1,5-8,14H,4H2,2H3,(H,15,16). The summed E-state index contributed by atoms with van der Waals surface area (Å²) in [5.74, 6) is 1.62. The summed E-state index contributed by atoms with van der Waals surface area (Å²) in [4.78, 5) is 10.7. The molecule has 1 rings (SSSR count). The van der Waals surface area contributed by atoms with Crippen molar-refractivity contribution in [3.63, 3.8) is 0 Å². The van der Waals surface area contributed by atoms with E-state index in [1.165, 1.54) is 0 Å². The molecule has 4 heteroatoms. The molecule has 0 amide bonds. The lowest BCUT2D eigenvalue weighted by Crippen LogP contribution is -2.14. The maximum atomic E-state index is 10.7. The van der Waals surface area contributed by atoms with Crippen molar-refractivity contribution >= 4 is 27.6 Å². The van der Waals surface area contributed by atoms with E-state index in [9.17, 15) is 4.79 Å². The Morgan fingerprint density at radius 3 is 2.88 bits per heavy atom. The molecular formula is C12H12BrNO2. The van der Waals surface area contributed by atoms with E-state index >= 15 is 0 Å². The van der Waals surface area contributed by atoms with E-state index in [-0.39, 0.29) is 11.6 Å². The summed E-state index contributed by atoms with van der Waals surface area (Å²) in [5, 5.41) is 12.0. The first-order valence-corrected chi connectivity index (χ1v) is 5.56. The van der Waals surface area contributed by atoms with E-state index in [1.807, 2.05) is 6.92 Å². The van der Waals surface area contributed by atoms with Gasteiger partial charge in [0.05, 0.1) is 5.56 Å². The normalized spacial score (nSPS) is 11.6. The molecule has 84 valence electrons. The molecule has 16 heavy (non-hydrogen) atoms. The number of carbonyl (C=O) groups is 1. The monoisotopic (exact) mass is 281 g/mol. The molecule has 1 unspecified atom stereocenters. The van der Waals surface area contributed by atoms with Crippen LogP contribution in [0.3, 0.4) is 0 Å². The topological polar surface area (TPSA) is 49.3 Å². The van der Waals surface area contributed by atoms with Gasteiger partial charge in [0.15, 0.2) is 0 Å². The van der Waals surface area contributed by atoms with Gasteiger partial charge in [-0.15, -0.1) is 12.3 Å². The molecule has 0 aromatic heterocycles. The third kappa shape index (κ3) is 3.28. The van der Waals surface area contributed by atoms with Crippen molar-refractivity contribution in [2.45, 2.75) is 19.4 Å². The number of terminal acetylenes is 1. The van der Waals surface area contributed by atoms with E-state index in [4.69, 9.17) is 11.5 Å². The molecule has 1 aromatic carbocycles. The fourth-order valence-electron chi connectivity index (χ4n) is 1.26. The van der Waals surface area contributed by atoms with Crippen molar-refractivity contribution in [3.8, 4) is 12.3 Å². The Balaban J connectivity index is 2.84. The van der Waals surface area contributed by atoms with Crippen LogP contribution in [0.15, 0.2) is 22.7 Å². The minimum absolute atomic E-state index is 0.150. The maximum Gasteiger partial charge on any atom is 0.335 e. The summed E-state index contributed by atoms with van der Waals surface area (Å²) >= 11 is 3.32. The zero-order valence-corrected chi connectivity index (χ0v) is 10.4. The minimum Gasteiger partial charge on any atom is -0.478 e. The van der Waals surface area contributed by atoms with Gasteiger partial charge in [0, 0.05) is 22.6 Å². The lowest BCUT2D eigenvalue weighted by molar-refractivity contribution is 0.0697. The molecule has 0 bridgehead atoms. The molecule has 1 aromatic rings. The van der Waals surface area contributed by atoms with Gasteiger partial charge in [-0.25, -0.2) is 4.79 Å². The maximum absolute atomic E-state index is 10.7. The predicted octanol–water partition coefficient (Wildman–Crippen LogP) is 2.97. The molecule has 1 atom stereocenters. The number of carboxylic acids is 1. The highest BCUT2D eigenvalue weighted by atomic mass is 79.9. The third-order valence-electron chi connectivity index (χ3n) is 2.04. The van der Waals surface area contributed by atoms with Gasteiger partial charge < -0.3 is 10.4 Å². The van der Waals surface area contributed by atoms with Gasteiger partial charge in [0.1, 0.15) is 0 Å². The Bertz CT molecular complexity index is 437. The smallest absolute Gasteiger partial charge is 0.335 e. The zero-order valence-electron chi connectivity index (χ0n) is 8.83. The molecule has 0 aliphatic heterocycles. The van der Waals surface area contributed by atoms with Crippen LogP contribution in [0.4, 0.5) is 5.69 Å². The van der Waals surface area contributed by atoms with Crippen LogP contribution in [0.2, 0.25) is 0 Å². The number of nitrogens with one attached hydrogen (secondary N) is 1. The largest absolute Gasteiger partial charge is 0.478 e. The van der Waals surface area contributed by atoms with Crippen LogP contribution in [-0.2, 0) is 0 Å². The SMILES string of the molecule is C#CCC(C)Nc1ccc(C(=O)O)cc1Br. The van der Waals surface area contributed by atoms with Crippen molar-refractivity contribution in [2.24, 2.45) is 0 Å². The van der Waals surface area contributed by atoms with Crippen LogP contribution in [0.25, 0.3) is 0 Å². The Labute approximate surface area is 103 Å². The molecule has 0 saturated carbocycles. The number of carboxylic acid groups (broad SMARTS) is 1. The number of hydrogen-bond donors (Lipinski definition) is 2. The lowest BCUT2D eigenvalue weighted by Gasteiger charge is -2.14. The van der Waals surface area contributed by atoms with Gasteiger partial charge in [0.25, 0.3) is 0 Å². The molecule has 0 fully saturated rings. The van der Waals surface area contributed by atoms with Crippen molar-refractivity contribution in [2.75, 3.05) is 5.32 Å². The number of aromatic carboxylic acids is 1. The molecule has 0 radical (unpaired) electrons. The molecule has 0 saturated heterocycles. The van der Waals surface area contributed by atoms with Gasteiger partial charge >= 0.3 is 5.97 Å². The van der Waals surface area contributed by atoms with E-state index in [1.54, 1.807) is 18.2 Å². The Kier molecular flexibility index (Phi) is 4.39. The van der Waals surface area contributed by atoms with Gasteiger partial charge in [-0.1, -0.05) is 0 Å². The third-order valence-corrected chi connectivity index (χ3v) is 2.70. The summed E-state index contributed by atoms with van der Waals surface area (Å²) in [6.07, 6.45) is 5.82. The second-order valence-electron chi connectivity index (χ2n) is 3.45. The highest BCUT2D eigenvalue weighted by Crippen LogP contribution is 2.24. The zero-order chi connectivity index (χ0) is 12.1. The van der Waals surface area contributed by atoms with Crippen molar-refractivity contribution in [1.29, 1.82) is 0 Å². The Morgan fingerprint density at radius 1 is 1.69 bits per heavy atom. The number of benzene rings is 1. The number of halogens is 1. The first-order chi connectivity index (χ1) is 7.54. The van der Waals surface area contributed by atoms with Crippen LogP contribution in [0.5, 0.6) is 0 Å². The fraction of sp³-hybridized carbons (Fsp3) is 0.250. The number of rotatable bonds is 4. The number of anilines is 1. The van der Waals surface area contributed by atoms with Crippen LogP contribution < -0.4 is 5.32 Å². The van der Waals surface area contributed by atoms with Crippen molar-refractivity contribution < 1.29 is 9.90 Å². The fourth-order valence-corrected chi connectivity index (χ4v) is 1.75. The number of hydrogen-bond acceptors (Lipinski definition) is 2. The second kappa shape index (κ2) is 5.57. The summed E-state index contributed by atoms with van der Waals surface area (Å²) < 4.78 is 0.719. The van der Waals surface area contributed by atoms with Gasteiger partial charge in [-0.05, 0) is 41.1 Å². The summed E-state index contributed by atoms with van der Waals surface area (Å²) in [6, 6.07) is 4.99. The first kappa shape index (κ1) is 12.6. The molecule has 0 aliphatic carbocycles. The molecule has 0 spiro atoms. The average Bonchev–Trinajstić information content (AvgIpc) is 2.21. The molecular weight excluding hydrogens is 270 g/mol. The average molecular weight is 282 g/mol. The van der Waals surface area contributed by atoms with E-state index in [0.717, 1.165) is 10.2 Å². The van der Waals surface area contributed by atoms with Crippen LogP contribution in [0, 0.1) is 12.3 Å². The van der Waals surface area contributed by atoms with Gasteiger partial charge in [0.2, 0.25) is 0 Å².